The molecule has 3 nitrogen and oxygen atoms in total. The molecule has 0 atom stereocenters. The number of nitrogens with zero attached hydrogens (tertiary/aromatic N) is 1. The highest BCUT2D eigenvalue weighted by atomic mass is 16.5. The van der Waals surface area contributed by atoms with Crippen LogP contribution in [0.1, 0.15) is 11.1 Å². The monoisotopic (exact) mass is 279 g/mol. The quantitative estimate of drug-likeness (QED) is 0.572. The summed E-state index contributed by atoms with van der Waals surface area (Å²) < 4.78 is 11.3. The van der Waals surface area contributed by atoms with Gasteiger partial charge in [-0.3, -0.25) is 0 Å². The van der Waals surface area contributed by atoms with E-state index in [1.54, 1.807) is 24.3 Å². The van der Waals surface area contributed by atoms with Gasteiger partial charge in [0, 0.05) is 0 Å². The maximum atomic E-state index is 8.72. The molecule has 2 aromatic carbocycles. The maximum Gasteiger partial charge on any atom is 0.122 e. The number of nitriles is 1. The Morgan fingerprint density at radius 3 is 2.43 bits per heavy atom. The molecule has 0 radical (unpaired) electrons. The number of hydrogen-bond acceptors (Lipinski definition) is 3. The zero-order valence-corrected chi connectivity index (χ0v) is 11.8. The van der Waals surface area contributed by atoms with Crippen LogP contribution < -0.4 is 9.47 Å². The van der Waals surface area contributed by atoms with Gasteiger partial charge in [-0.2, -0.15) is 5.26 Å². The molecule has 3 heteroatoms. The van der Waals surface area contributed by atoms with Crippen LogP contribution in [0.3, 0.4) is 0 Å². The van der Waals surface area contributed by atoms with Gasteiger partial charge in [0.2, 0.25) is 0 Å². The van der Waals surface area contributed by atoms with E-state index >= 15 is 0 Å². The zero-order chi connectivity index (χ0) is 14.9. The first-order valence-corrected chi connectivity index (χ1v) is 6.78. The molecule has 0 aliphatic heterocycles. The van der Waals surface area contributed by atoms with Crippen molar-refractivity contribution in [2.24, 2.45) is 0 Å². The van der Waals surface area contributed by atoms with Crippen LogP contribution in [0, 0.1) is 11.3 Å². The van der Waals surface area contributed by atoms with Crippen LogP contribution in [0.4, 0.5) is 0 Å². The van der Waals surface area contributed by atoms with E-state index in [1.165, 1.54) is 0 Å². The fourth-order valence-corrected chi connectivity index (χ4v) is 1.91. The Labute approximate surface area is 125 Å². The normalized spacial score (nSPS) is 9.67. The van der Waals surface area contributed by atoms with Gasteiger partial charge in [-0.25, -0.2) is 0 Å². The van der Waals surface area contributed by atoms with Crippen molar-refractivity contribution in [2.45, 2.75) is 6.42 Å². The van der Waals surface area contributed by atoms with Crippen molar-refractivity contribution in [2.75, 3.05) is 13.2 Å². The molecule has 0 fully saturated rings. The fraction of sp³-hybridized carbons (Fsp3) is 0.167. The number of hydrogen-bond donors (Lipinski definition) is 0. The summed E-state index contributed by atoms with van der Waals surface area (Å²) in [5.74, 6) is 1.60. The molecule has 0 saturated carbocycles. The lowest BCUT2D eigenvalue weighted by atomic mass is 10.1. The predicted octanol–water partition coefficient (Wildman–Crippen LogP) is 3.74. The minimum atomic E-state index is 0.453. The van der Waals surface area contributed by atoms with Crippen LogP contribution >= 0.6 is 0 Å². The highest BCUT2D eigenvalue weighted by molar-refractivity contribution is 5.35. The minimum Gasteiger partial charge on any atom is -0.490 e. The summed E-state index contributed by atoms with van der Waals surface area (Å²) >= 11 is 0. The molecule has 21 heavy (non-hydrogen) atoms. The van der Waals surface area contributed by atoms with Gasteiger partial charge in [-0.15, -0.1) is 6.58 Å². The molecule has 0 aliphatic rings. The van der Waals surface area contributed by atoms with Gasteiger partial charge >= 0.3 is 0 Å². The minimum absolute atomic E-state index is 0.453. The van der Waals surface area contributed by atoms with Crippen LogP contribution in [0.5, 0.6) is 11.5 Å². The van der Waals surface area contributed by atoms with E-state index in [4.69, 9.17) is 14.7 Å². The van der Waals surface area contributed by atoms with Gasteiger partial charge in [-0.1, -0.05) is 24.3 Å². The smallest absolute Gasteiger partial charge is 0.122 e. The molecule has 0 aromatic heterocycles. The summed E-state index contributed by atoms with van der Waals surface area (Å²) in [4.78, 5) is 0. The van der Waals surface area contributed by atoms with Gasteiger partial charge in [-0.05, 0) is 42.3 Å². The highest BCUT2D eigenvalue weighted by Crippen LogP contribution is 2.18. The predicted molar refractivity (Wildman–Crippen MR) is 82.5 cm³/mol. The van der Waals surface area contributed by atoms with Crippen molar-refractivity contribution in [3.63, 3.8) is 0 Å². The van der Waals surface area contributed by atoms with Crippen molar-refractivity contribution >= 4 is 0 Å². The molecule has 0 unspecified atom stereocenters. The lowest BCUT2D eigenvalue weighted by Crippen LogP contribution is -2.09. The fourth-order valence-electron chi connectivity index (χ4n) is 1.91. The summed E-state index contributed by atoms with van der Waals surface area (Å²) in [6.07, 6.45) is 2.64. The summed E-state index contributed by atoms with van der Waals surface area (Å²) in [7, 11) is 0. The van der Waals surface area contributed by atoms with E-state index < -0.39 is 0 Å². The first kappa shape index (κ1) is 14.7. The largest absolute Gasteiger partial charge is 0.490 e. The van der Waals surface area contributed by atoms with Crippen LogP contribution in [0.15, 0.2) is 61.2 Å². The van der Waals surface area contributed by atoms with Gasteiger partial charge in [0.1, 0.15) is 24.7 Å². The molecule has 2 aromatic rings. The lowest BCUT2D eigenvalue weighted by molar-refractivity contribution is 0.216. The Bertz CT molecular complexity index is 626. The third-order valence-corrected chi connectivity index (χ3v) is 2.93. The Morgan fingerprint density at radius 1 is 1.00 bits per heavy atom. The van der Waals surface area contributed by atoms with Gasteiger partial charge in [0.25, 0.3) is 0 Å². The Kier molecular flexibility index (Phi) is 5.42. The second-order valence-corrected chi connectivity index (χ2v) is 4.43. The number of allylic oxidation sites excluding steroid dienone is 1. The molecule has 0 N–H and O–H groups in total. The van der Waals surface area contributed by atoms with Crippen LogP contribution in [-0.4, -0.2) is 13.2 Å². The van der Waals surface area contributed by atoms with Crippen molar-refractivity contribution in [3.05, 3.63) is 72.3 Å². The van der Waals surface area contributed by atoms with E-state index in [2.05, 4.69) is 12.6 Å². The van der Waals surface area contributed by atoms with Crippen LogP contribution in [0.2, 0.25) is 0 Å². The molecule has 106 valence electrons. The van der Waals surface area contributed by atoms with E-state index in [0.29, 0.717) is 18.8 Å². The summed E-state index contributed by atoms with van der Waals surface area (Å²) in [6.45, 7) is 4.66. The molecule has 0 saturated heterocycles. The maximum absolute atomic E-state index is 8.72. The molecule has 0 heterocycles. The first-order chi connectivity index (χ1) is 10.3. The summed E-state index contributed by atoms with van der Waals surface area (Å²) in [6, 6.07) is 17.0. The Balaban J connectivity index is 1.81. The van der Waals surface area contributed by atoms with Crippen molar-refractivity contribution in [3.8, 4) is 17.6 Å². The van der Waals surface area contributed by atoms with Gasteiger partial charge in [0.15, 0.2) is 0 Å². The van der Waals surface area contributed by atoms with E-state index in [0.717, 1.165) is 23.5 Å². The topological polar surface area (TPSA) is 42.2 Å². The Hall–Kier alpha value is -2.73. The molecule has 0 amide bonds. The van der Waals surface area contributed by atoms with Gasteiger partial charge < -0.3 is 9.47 Å². The summed E-state index contributed by atoms with van der Waals surface area (Å²) in [5, 5.41) is 8.72. The summed E-state index contributed by atoms with van der Waals surface area (Å²) in [5.41, 5.74) is 1.74. The Morgan fingerprint density at radius 2 is 1.71 bits per heavy atom. The lowest BCUT2D eigenvalue weighted by Gasteiger charge is -2.11. The molecular formula is C18H17NO2. The average Bonchev–Trinajstić information content (AvgIpc) is 2.54. The SMILES string of the molecule is C=CCc1ccccc1OCCOc1ccc(C#N)cc1. The number of benzene rings is 2. The highest BCUT2D eigenvalue weighted by Gasteiger charge is 2.01. The molecular weight excluding hydrogens is 262 g/mol. The number of para-hydroxylation sites is 1. The number of ether oxygens (including phenoxy) is 2. The van der Waals surface area contributed by atoms with E-state index in [9.17, 15) is 0 Å². The third-order valence-electron chi connectivity index (χ3n) is 2.93. The van der Waals surface area contributed by atoms with Crippen molar-refractivity contribution < 1.29 is 9.47 Å². The van der Waals surface area contributed by atoms with Gasteiger partial charge in [0.05, 0.1) is 11.6 Å². The molecule has 0 spiro atoms. The second kappa shape index (κ2) is 7.76. The second-order valence-electron chi connectivity index (χ2n) is 4.43. The third kappa shape index (κ3) is 4.39. The number of rotatable bonds is 7. The zero-order valence-electron chi connectivity index (χ0n) is 11.8. The van der Waals surface area contributed by atoms with E-state index in [-0.39, 0.29) is 0 Å². The van der Waals surface area contributed by atoms with Crippen LogP contribution in [0.25, 0.3) is 0 Å². The molecule has 0 bridgehead atoms. The molecule has 0 aliphatic carbocycles. The average molecular weight is 279 g/mol. The standard InChI is InChI=1S/C18H17NO2/c1-2-5-16-6-3-4-7-18(16)21-13-12-20-17-10-8-15(14-19)9-11-17/h2-4,6-11H,1,5,12-13H2. The van der Waals surface area contributed by atoms with E-state index in [1.807, 2.05) is 30.3 Å². The first-order valence-electron chi connectivity index (χ1n) is 6.78. The van der Waals surface area contributed by atoms with Crippen molar-refractivity contribution in [1.82, 2.24) is 0 Å². The molecule has 2 rings (SSSR count). The van der Waals surface area contributed by atoms with Crippen LogP contribution in [-0.2, 0) is 6.42 Å². The van der Waals surface area contributed by atoms with Crippen molar-refractivity contribution in [1.29, 1.82) is 5.26 Å².